The van der Waals surface area contributed by atoms with Crippen LogP contribution in [0.4, 0.5) is 9.59 Å². The maximum atomic E-state index is 12.6. The lowest BCUT2D eigenvalue weighted by Crippen LogP contribution is -2.50. The Morgan fingerprint density at radius 2 is 1.77 bits per heavy atom. The van der Waals surface area contributed by atoms with E-state index < -0.39 is 22.3 Å². The molecule has 3 N–H and O–H groups in total. The van der Waals surface area contributed by atoms with Crippen LogP contribution < -0.4 is 15.4 Å². The molecule has 0 radical (unpaired) electrons. The molecule has 3 aliphatic rings. The summed E-state index contributed by atoms with van der Waals surface area (Å²) in [6.45, 7) is 4.02. The number of fused-ring (bicyclic) bond motifs is 1. The first kappa shape index (κ1) is 25.4. The highest BCUT2D eigenvalue weighted by Crippen LogP contribution is 2.29. The number of carbonyl (C=O) groups excluding carboxylic acids is 3. The molecule has 10 nitrogen and oxygen atoms in total. The van der Waals surface area contributed by atoms with E-state index in [1.54, 1.807) is 12.1 Å². The van der Waals surface area contributed by atoms with Gasteiger partial charge in [-0.25, -0.2) is 14.3 Å². The predicted molar refractivity (Wildman–Crippen MR) is 131 cm³/mol. The van der Waals surface area contributed by atoms with Gasteiger partial charge in [0.25, 0.3) is 5.91 Å². The number of urea groups is 2. The molecular formula is C24H35N5O5S. The molecule has 4 rings (SSSR count). The van der Waals surface area contributed by atoms with Gasteiger partial charge < -0.3 is 10.6 Å². The van der Waals surface area contributed by atoms with E-state index in [0.717, 1.165) is 24.8 Å². The van der Waals surface area contributed by atoms with Crippen molar-refractivity contribution in [3.8, 4) is 0 Å². The van der Waals surface area contributed by atoms with Crippen molar-refractivity contribution in [2.75, 3.05) is 26.2 Å². The van der Waals surface area contributed by atoms with Crippen LogP contribution in [0.2, 0.25) is 0 Å². The first-order valence-corrected chi connectivity index (χ1v) is 13.9. The smallest absolute Gasteiger partial charge is 0.329 e. The number of nitrogens with one attached hydrogen (secondary N) is 3. The first-order valence-electron chi connectivity index (χ1n) is 12.5. The highest BCUT2D eigenvalue weighted by atomic mass is 32.2. The Kier molecular flexibility index (Phi) is 7.95. The van der Waals surface area contributed by atoms with Crippen LogP contribution in [0.1, 0.15) is 61.4 Å². The Balaban J connectivity index is 1.14. The Morgan fingerprint density at radius 3 is 2.46 bits per heavy atom. The zero-order chi connectivity index (χ0) is 25.0. The van der Waals surface area contributed by atoms with Gasteiger partial charge in [-0.15, -0.1) is 0 Å². The SMILES string of the molecule is CC1CCC(CNC(=O)NS(=O)(=O)N2CCC(CCNC(=O)N3Cc4ccccc4C3=O)CC2)C1. The fourth-order valence-electron chi connectivity index (χ4n) is 5.30. The Morgan fingerprint density at radius 1 is 1.03 bits per heavy atom. The Hall–Kier alpha value is -2.66. The highest BCUT2D eigenvalue weighted by molar-refractivity contribution is 7.87. The van der Waals surface area contributed by atoms with Gasteiger partial charge >= 0.3 is 22.3 Å². The van der Waals surface area contributed by atoms with Crippen LogP contribution in [0.3, 0.4) is 0 Å². The van der Waals surface area contributed by atoms with Crippen LogP contribution in [0, 0.1) is 17.8 Å². The third-order valence-corrected chi connectivity index (χ3v) is 8.87. The molecule has 2 fully saturated rings. The molecule has 35 heavy (non-hydrogen) atoms. The van der Waals surface area contributed by atoms with Crippen molar-refractivity contribution in [1.82, 2.24) is 24.6 Å². The molecule has 5 amide bonds. The van der Waals surface area contributed by atoms with Gasteiger partial charge in [-0.1, -0.05) is 31.5 Å². The summed E-state index contributed by atoms with van der Waals surface area (Å²) in [5.41, 5.74) is 1.41. The van der Waals surface area contributed by atoms with Gasteiger partial charge in [0.15, 0.2) is 0 Å². The minimum absolute atomic E-state index is 0.256. The second-order valence-corrected chi connectivity index (χ2v) is 11.7. The fraction of sp³-hybridized carbons (Fsp3) is 0.625. The third kappa shape index (κ3) is 6.32. The number of rotatable bonds is 7. The van der Waals surface area contributed by atoms with Gasteiger partial charge in [0, 0.05) is 31.7 Å². The van der Waals surface area contributed by atoms with E-state index in [-0.39, 0.29) is 18.4 Å². The standard InChI is InChI=1S/C24H35N5O5S/c1-17-6-7-19(14-17)15-26-23(31)27-35(33,34)28-12-9-18(10-13-28)8-11-25-24(32)29-16-20-4-2-3-5-21(20)22(29)30/h2-5,17-19H,6-16H2,1H3,(H,25,32)(H2,26,27,31). The zero-order valence-electron chi connectivity index (χ0n) is 20.2. The van der Waals surface area contributed by atoms with Gasteiger partial charge in [0.2, 0.25) is 0 Å². The molecule has 1 aliphatic carbocycles. The molecule has 0 spiro atoms. The van der Waals surface area contributed by atoms with E-state index in [0.29, 0.717) is 62.8 Å². The van der Waals surface area contributed by atoms with E-state index >= 15 is 0 Å². The minimum Gasteiger partial charge on any atom is -0.338 e. The average Bonchev–Trinajstić information content (AvgIpc) is 3.40. The lowest BCUT2D eigenvalue weighted by Gasteiger charge is -2.31. The molecule has 2 atom stereocenters. The summed E-state index contributed by atoms with van der Waals surface area (Å²) in [6.07, 6.45) is 5.25. The number of benzene rings is 1. The molecule has 192 valence electrons. The summed E-state index contributed by atoms with van der Waals surface area (Å²) in [7, 11) is -3.88. The zero-order valence-corrected chi connectivity index (χ0v) is 21.0. The lowest BCUT2D eigenvalue weighted by atomic mass is 9.95. The monoisotopic (exact) mass is 505 g/mol. The van der Waals surface area contributed by atoms with Crippen LogP contribution in [0.5, 0.6) is 0 Å². The number of nitrogens with zero attached hydrogens (tertiary/aromatic N) is 2. The minimum atomic E-state index is -3.88. The number of amides is 5. The van der Waals surface area contributed by atoms with Gasteiger partial charge in [0.1, 0.15) is 0 Å². The summed E-state index contributed by atoms with van der Waals surface area (Å²) in [5, 5.41) is 5.51. The van der Waals surface area contributed by atoms with E-state index in [9.17, 15) is 22.8 Å². The molecule has 0 aromatic heterocycles. The summed E-state index contributed by atoms with van der Waals surface area (Å²) in [5.74, 6) is 1.04. The van der Waals surface area contributed by atoms with E-state index in [2.05, 4.69) is 22.3 Å². The topological polar surface area (TPSA) is 128 Å². The van der Waals surface area contributed by atoms with Gasteiger partial charge in [-0.3, -0.25) is 9.69 Å². The first-order chi connectivity index (χ1) is 16.7. The summed E-state index contributed by atoms with van der Waals surface area (Å²) in [6, 6.07) is 6.11. The Bertz CT molecular complexity index is 1050. The number of hydrogen-bond acceptors (Lipinski definition) is 5. The summed E-state index contributed by atoms with van der Waals surface area (Å²) in [4.78, 5) is 38.2. The molecule has 1 saturated carbocycles. The van der Waals surface area contributed by atoms with E-state index in [1.165, 1.54) is 9.21 Å². The molecule has 11 heteroatoms. The quantitative estimate of drug-likeness (QED) is 0.524. The van der Waals surface area contributed by atoms with Crippen LogP contribution in [-0.4, -0.2) is 61.8 Å². The second-order valence-electron chi connectivity index (χ2n) is 10.0. The molecule has 2 aliphatic heterocycles. The second kappa shape index (κ2) is 10.9. The maximum absolute atomic E-state index is 12.6. The van der Waals surface area contributed by atoms with Crippen molar-refractivity contribution in [2.45, 2.75) is 52.0 Å². The van der Waals surface area contributed by atoms with E-state index in [4.69, 9.17) is 0 Å². The number of hydrogen-bond donors (Lipinski definition) is 3. The molecule has 2 unspecified atom stereocenters. The van der Waals surface area contributed by atoms with Crippen LogP contribution >= 0.6 is 0 Å². The number of carbonyl (C=O) groups is 3. The number of piperidine rings is 1. The van der Waals surface area contributed by atoms with E-state index in [1.807, 2.05) is 12.1 Å². The van der Waals surface area contributed by atoms with Crippen molar-refractivity contribution in [3.05, 3.63) is 35.4 Å². The molecule has 1 saturated heterocycles. The average molecular weight is 506 g/mol. The van der Waals surface area contributed by atoms with Crippen molar-refractivity contribution < 1.29 is 22.8 Å². The maximum Gasteiger partial charge on any atom is 0.329 e. The van der Waals surface area contributed by atoms with Crippen molar-refractivity contribution in [1.29, 1.82) is 0 Å². The summed E-state index contributed by atoms with van der Waals surface area (Å²) >= 11 is 0. The highest BCUT2D eigenvalue weighted by Gasteiger charge is 2.32. The molecule has 0 bridgehead atoms. The lowest BCUT2D eigenvalue weighted by molar-refractivity contribution is 0.0820. The largest absolute Gasteiger partial charge is 0.338 e. The van der Waals surface area contributed by atoms with Crippen molar-refractivity contribution in [3.63, 3.8) is 0 Å². The fourth-order valence-corrected chi connectivity index (χ4v) is 6.43. The van der Waals surface area contributed by atoms with Gasteiger partial charge in [-0.05, 0) is 61.5 Å². The molecule has 1 aromatic rings. The normalized spacial score (nSPS) is 23.2. The Labute approximate surface area is 207 Å². The summed E-state index contributed by atoms with van der Waals surface area (Å²) < 4.78 is 28.6. The third-order valence-electron chi connectivity index (χ3n) is 7.39. The molecule has 1 aromatic carbocycles. The van der Waals surface area contributed by atoms with Crippen LogP contribution in [-0.2, 0) is 16.8 Å². The van der Waals surface area contributed by atoms with Gasteiger partial charge in [0.05, 0.1) is 6.54 Å². The molecular weight excluding hydrogens is 470 g/mol. The predicted octanol–water partition coefficient (Wildman–Crippen LogP) is 2.43. The van der Waals surface area contributed by atoms with Crippen molar-refractivity contribution >= 4 is 28.2 Å². The van der Waals surface area contributed by atoms with Gasteiger partial charge in [-0.2, -0.15) is 12.7 Å². The van der Waals surface area contributed by atoms with Crippen LogP contribution in [0.25, 0.3) is 0 Å². The number of imide groups is 1. The van der Waals surface area contributed by atoms with Crippen molar-refractivity contribution in [2.24, 2.45) is 17.8 Å². The van der Waals surface area contributed by atoms with Crippen LogP contribution in [0.15, 0.2) is 24.3 Å². The molecule has 2 heterocycles.